The molecule has 4 rings (SSSR count). The SMILES string of the molecule is Cc1ccccc1CNc1cnc(C(=O)N2CCN(c3ncccn3)CC2)cn1. The summed E-state index contributed by atoms with van der Waals surface area (Å²) >= 11 is 0. The second kappa shape index (κ2) is 8.64. The van der Waals surface area contributed by atoms with Crippen LogP contribution < -0.4 is 10.2 Å². The monoisotopic (exact) mass is 389 g/mol. The van der Waals surface area contributed by atoms with Crippen LogP contribution in [0.3, 0.4) is 0 Å². The van der Waals surface area contributed by atoms with Gasteiger partial charge in [-0.1, -0.05) is 24.3 Å². The molecule has 3 aromatic rings. The predicted octanol–water partition coefficient (Wildman–Crippen LogP) is 2.15. The van der Waals surface area contributed by atoms with Gasteiger partial charge in [0.15, 0.2) is 0 Å². The van der Waals surface area contributed by atoms with Crippen molar-refractivity contribution in [2.75, 3.05) is 36.4 Å². The van der Waals surface area contributed by atoms with Crippen molar-refractivity contribution in [1.82, 2.24) is 24.8 Å². The third-order valence-corrected chi connectivity index (χ3v) is 4.99. The Labute approximate surface area is 169 Å². The predicted molar refractivity (Wildman–Crippen MR) is 111 cm³/mol. The summed E-state index contributed by atoms with van der Waals surface area (Å²) < 4.78 is 0. The van der Waals surface area contributed by atoms with Crippen molar-refractivity contribution in [3.63, 3.8) is 0 Å². The summed E-state index contributed by atoms with van der Waals surface area (Å²) in [5, 5.41) is 3.25. The third kappa shape index (κ3) is 4.48. The maximum Gasteiger partial charge on any atom is 0.274 e. The van der Waals surface area contributed by atoms with E-state index in [1.54, 1.807) is 29.6 Å². The molecule has 1 fully saturated rings. The lowest BCUT2D eigenvalue weighted by Crippen LogP contribution is -2.49. The highest BCUT2D eigenvalue weighted by Crippen LogP contribution is 2.13. The Balaban J connectivity index is 1.32. The molecule has 0 unspecified atom stereocenters. The number of aromatic nitrogens is 4. The van der Waals surface area contributed by atoms with Crippen LogP contribution in [0.25, 0.3) is 0 Å². The van der Waals surface area contributed by atoms with E-state index < -0.39 is 0 Å². The van der Waals surface area contributed by atoms with Gasteiger partial charge in [-0.15, -0.1) is 0 Å². The number of amides is 1. The van der Waals surface area contributed by atoms with Gasteiger partial charge in [0.05, 0.1) is 12.4 Å². The number of benzene rings is 1. The zero-order valence-electron chi connectivity index (χ0n) is 16.3. The van der Waals surface area contributed by atoms with Crippen molar-refractivity contribution in [2.24, 2.45) is 0 Å². The molecule has 0 bridgehead atoms. The highest BCUT2D eigenvalue weighted by molar-refractivity contribution is 5.92. The number of carbonyl (C=O) groups excluding carboxylic acids is 1. The molecular weight excluding hydrogens is 366 g/mol. The minimum absolute atomic E-state index is 0.100. The fraction of sp³-hybridized carbons (Fsp3) is 0.286. The van der Waals surface area contributed by atoms with E-state index in [0.29, 0.717) is 50.2 Å². The fourth-order valence-corrected chi connectivity index (χ4v) is 3.25. The molecule has 29 heavy (non-hydrogen) atoms. The first-order valence-electron chi connectivity index (χ1n) is 9.62. The lowest BCUT2D eigenvalue weighted by molar-refractivity contribution is 0.0740. The maximum absolute atomic E-state index is 12.7. The molecule has 1 N–H and O–H groups in total. The summed E-state index contributed by atoms with van der Waals surface area (Å²) in [6.07, 6.45) is 6.60. The minimum Gasteiger partial charge on any atom is -0.365 e. The average molecular weight is 389 g/mol. The van der Waals surface area contributed by atoms with E-state index in [0.717, 1.165) is 0 Å². The quantitative estimate of drug-likeness (QED) is 0.715. The van der Waals surface area contributed by atoms with Gasteiger partial charge in [0, 0.05) is 45.1 Å². The topological polar surface area (TPSA) is 87.1 Å². The van der Waals surface area contributed by atoms with E-state index in [1.807, 2.05) is 12.1 Å². The molecule has 2 aromatic heterocycles. The summed E-state index contributed by atoms with van der Waals surface area (Å²) in [7, 11) is 0. The number of nitrogens with one attached hydrogen (secondary N) is 1. The minimum atomic E-state index is -0.100. The molecule has 8 heteroatoms. The van der Waals surface area contributed by atoms with Gasteiger partial charge in [-0.25, -0.2) is 19.9 Å². The van der Waals surface area contributed by atoms with Crippen LogP contribution in [0.1, 0.15) is 21.6 Å². The third-order valence-electron chi connectivity index (χ3n) is 4.99. The highest BCUT2D eigenvalue weighted by atomic mass is 16.2. The molecule has 1 aliphatic heterocycles. The highest BCUT2D eigenvalue weighted by Gasteiger charge is 2.24. The van der Waals surface area contributed by atoms with Crippen molar-refractivity contribution in [1.29, 1.82) is 0 Å². The van der Waals surface area contributed by atoms with Crippen LogP contribution in [0.15, 0.2) is 55.1 Å². The zero-order valence-corrected chi connectivity index (χ0v) is 16.3. The Hall–Kier alpha value is -3.55. The van der Waals surface area contributed by atoms with Crippen LogP contribution in [-0.2, 0) is 6.54 Å². The van der Waals surface area contributed by atoms with Gasteiger partial charge in [-0.3, -0.25) is 4.79 Å². The van der Waals surface area contributed by atoms with Crippen LogP contribution in [0.2, 0.25) is 0 Å². The molecular formula is C21H23N7O. The summed E-state index contributed by atoms with van der Waals surface area (Å²) in [5.74, 6) is 1.25. The molecule has 1 amide bonds. The maximum atomic E-state index is 12.7. The first kappa shape index (κ1) is 18.8. The van der Waals surface area contributed by atoms with Crippen LogP contribution >= 0.6 is 0 Å². The summed E-state index contributed by atoms with van der Waals surface area (Å²) in [6, 6.07) is 9.98. The number of aryl methyl sites for hydroxylation is 1. The molecule has 1 aromatic carbocycles. The molecule has 1 aliphatic rings. The van der Waals surface area contributed by atoms with Gasteiger partial charge in [0.2, 0.25) is 5.95 Å². The van der Waals surface area contributed by atoms with Crippen molar-refractivity contribution in [3.05, 3.63) is 71.9 Å². The largest absolute Gasteiger partial charge is 0.365 e. The van der Waals surface area contributed by atoms with E-state index in [2.05, 4.69) is 49.2 Å². The van der Waals surface area contributed by atoms with E-state index in [1.165, 1.54) is 17.3 Å². The van der Waals surface area contributed by atoms with Crippen LogP contribution in [0, 0.1) is 6.92 Å². The molecule has 0 atom stereocenters. The second-order valence-electron chi connectivity index (χ2n) is 6.89. The van der Waals surface area contributed by atoms with Gasteiger partial charge in [0.1, 0.15) is 11.5 Å². The number of hydrogen-bond donors (Lipinski definition) is 1. The van der Waals surface area contributed by atoms with Crippen molar-refractivity contribution < 1.29 is 4.79 Å². The average Bonchev–Trinajstić information content (AvgIpc) is 2.79. The summed E-state index contributed by atoms with van der Waals surface area (Å²) in [4.78, 5) is 33.8. The smallest absolute Gasteiger partial charge is 0.274 e. The number of nitrogens with zero attached hydrogens (tertiary/aromatic N) is 6. The van der Waals surface area contributed by atoms with E-state index in [-0.39, 0.29) is 5.91 Å². The zero-order chi connectivity index (χ0) is 20.1. The molecule has 0 saturated carbocycles. The van der Waals surface area contributed by atoms with Gasteiger partial charge in [-0.05, 0) is 24.1 Å². The number of piperazine rings is 1. The van der Waals surface area contributed by atoms with Gasteiger partial charge in [0.25, 0.3) is 5.91 Å². The van der Waals surface area contributed by atoms with Gasteiger partial charge < -0.3 is 15.1 Å². The van der Waals surface area contributed by atoms with Crippen LogP contribution in [-0.4, -0.2) is 56.9 Å². The van der Waals surface area contributed by atoms with Crippen LogP contribution in [0.4, 0.5) is 11.8 Å². The van der Waals surface area contributed by atoms with Crippen molar-refractivity contribution in [3.8, 4) is 0 Å². The molecule has 148 valence electrons. The normalized spacial score (nSPS) is 14.0. The molecule has 8 nitrogen and oxygen atoms in total. The molecule has 1 saturated heterocycles. The Kier molecular flexibility index (Phi) is 5.60. The molecule has 3 heterocycles. The Bertz CT molecular complexity index is 954. The lowest BCUT2D eigenvalue weighted by Gasteiger charge is -2.34. The standard InChI is InChI=1S/C21H23N7O/c1-16-5-2-3-6-17(16)13-25-19-15-24-18(14-26-19)20(29)27-9-11-28(12-10-27)21-22-7-4-8-23-21/h2-8,14-15H,9-13H2,1H3,(H,25,26). The van der Waals surface area contributed by atoms with Crippen molar-refractivity contribution in [2.45, 2.75) is 13.5 Å². The lowest BCUT2D eigenvalue weighted by atomic mass is 10.1. The van der Waals surface area contributed by atoms with E-state index >= 15 is 0 Å². The number of anilines is 2. The number of carbonyl (C=O) groups is 1. The van der Waals surface area contributed by atoms with Gasteiger partial charge >= 0.3 is 0 Å². The number of hydrogen-bond acceptors (Lipinski definition) is 7. The Morgan fingerprint density at radius 2 is 1.72 bits per heavy atom. The number of rotatable bonds is 5. The first-order chi connectivity index (χ1) is 14.2. The molecule has 0 aliphatic carbocycles. The Morgan fingerprint density at radius 3 is 2.41 bits per heavy atom. The molecule has 0 spiro atoms. The Morgan fingerprint density at radius 1 is 0.966 bits per heavy atom. The van der Waals surface area contributed by atoms with E-state index in [9.17, 15) is 4.79 Å². The first-order valence-corrected chi connectivity index (χ1v) is 9.62. The summed E-state index contributed by atoms with van der Waals surface area (Å²) in [6.45, 7) is 5.34. The van der Waals surface area contributed by atoms with Gasteiger partial charge in [-0.2, -0.15) is 0 Å². The molecule has 0 radical (unpaired) electrons. The van der Waals surface area contributed by atoms with E-state index in [4.69, 9.17) is 0 Å². The van der Waals surface area contributed by atoms with Crippen LogP contribution in [0.5, 0.6) is 0 Å². The fourth-order valence-electron chi connectivity index (χ4n) is 3.25. The summed E-state index contributed by atoms with van der Waals surface area (Å²) in [5.41, 5.74) is 2.78. The second-order valence-corrected chi connectivity index (χ2v) is 6.89. The van der Waals surface area contributed by atoms with Crippen molar-refractivity contribution >= 4 is 17.7 Å².